The summed E-state index contributed by atoms with van der Waals surface area (Å²) in [5, 5.41) is 3.29. The van der Waals surface area contributed by atoms with E-state index in [1.54, 1.807) is 37.5 Å². The van der Waals surface area contributed by atoms with Gasteiger partial charge < -0.3 is 10.2 Å². The van der Waals surface area contributed by atoms with Crippen molar-refractivity contribution in [2.75, 3.05) is 25.5 Å². The highest BCUT2D eigenvalue weighted by Crippen LogP contribution is 2.29. The first kappa shape index (κ1) is 19.9. The van der Waals surface area contributed by atoms with Gasteiger partial charge in [0.05, 0.1) is 29.3 Å². The fourth-order valence-electron chi connectivity index (χ4n) is 2.43. The van der Waals surface area contributed by atoms with E-state index in [0.29, 0.717) is 22.0 Å². The summed E-state index contributed by atoms with van der Waals surface area (Å²) in [4.78, 5) is 18.8. The molecule has 0 amide bonds. The fraction of sp³-hybridized carbons (Fsp3) is 0.300. The van der Waals surface area contributed by atoms with Crippen LogP contribution in [-0.4, -0.2) is 37.2 Å². The molecular formula is C20H23ClFN3O. The molecule has 0 aromatic heterocycles. The highest BCUT2D eigenvalue weighted by molar-refractivity contribution is 6.33. The number of halogens is 2. The van der Waals surface area contributed by atoms with Gasteiger partial charge in [0.2, 0.25) is 0 Å². The molecule has 0 saturated carbocycles. The number of carbonyl (C=O) groups is 1. The van der Waals surface area contributed by atoms with Gasteiger partial charge in [0.25, 0.3) is 0 Å². The van der Waals surface area contributed by atoms with E-state index in [4.69, 9.17) is 11.6 Å². The van der Waals surface area contributed by atoms with E-state index < -0.39 is 0 Å². The summed E-state index contributed by atoms with van der Waals surface area (Å²) >= 11 is 6.27. The number of hydrogen-bond donors (Lipinski definition) is 1. The van der Waals surface area contributed by atoms with E-state index in [9.17, 15) is 9.18 Å². The summed E-state index contributed by atoms with van der Waals surface area (Å²) in [6.07, 6.45) is 1.70. The van der Waals surface area contributed by atoms with Crippen molar-refractivity contribution in [1.82, 2.24) is 4.90 Å². The molecule has 2 aromatic carbocycles. The summed E-state index contributed by atoms with van der Waals surface area (Å²) in [5.74, 6) is -0.537. The zero-order chi connectivity index (χ0) is 19.3. The zero-order valence-electron chi connectivity index (χ0n) is 15.4. The average Bonchev–Trinajstić information content (AvgIpc) is 2.61. The van der Waals surface area contributed by atoms with Crippen LogP contribution in [0.25, 0.3) is 0 Å². The molecule has 0 fully saturated rings. The average molecular weight is 376 g/mol. The summed E-state index contributed by atoms with van der Waals surface area (Å²) in [6, 6.07) is 8.19. The van der Waals surface area contributed by atoms with E-state index in [-0.39, 0.29) is 18.1 Å². The van der Waals surface area contributed by atoms with Gasteiger partial charge in [0.15, 0.2) is 5.78 Å². The standard InChI is InChI=1S/C20H23ClFN3O/c1-5-25(4)12-24-18-9-14(3)15(10-16(18)21)19(26)11-23-20-13(2)7-6-8-17(20)22/h6-10,12,23H,5,11H2,1-4H3. The predicted octanol–water partition coefficient (Wildman–Crippen LogP) is 5.00. The number of benzene rings is 2. The number of aryl methyl sites for hydroxylation is 2. The second kappa shape index (κ2) is 8.81. The molecule has 2 aromatic rings. The molecule has 0 saturated heterocycles. The predicted molar refractivity (Wildman–Crippen MR) is 107 cm³/mol. The second-order valence-electron chi connectivity index (χ2n) is 6.14. The van der Waals surface area contributed by atoms with Crippen LogP contribution in [0.4, 0.5) is 15.8 Å². The molecule has 0 spiro atoms. The number of carbonyl (C=O) groups excluding carboxylic acids is 1. The van der Waals surface area contributed by atoms with Crippen LogP contribution in [0.15, 0.2) is 35.3 Å². The van der Waals surface area contributed by atoms with Gasteiger partial charge in [-0.15, -0.1) is 0 Å². The normalized spacial score (nSPS) is 11.0. The van der Waals surface area contributed by atoms with Crippen LogP contribution in [0.3, 0.4) is 0 Å². The number of anilines is 1. The smallest absolute Gasteiger partial charge is 0.182 e. The molecule has 0 atom stereocenters. The quantitative estimate of drug-likeness (QED) is 0.420. The maximum Gasteiger partial charge on any atom is 0.182 e. The molecule has 1 N–H and O–H groups in total. The summed E-state index contributed by atoms with van der Waals surface area (Å²) in [7, 11) is 1.92. The van der Waals surface area contributed by atoms with Crippen molar-refractivity contribution >= 4 is 35.1 Å². The molecule has 0 unspecified atom stereocenters. The van der Waals surface area contributed by atoms with Crippen LogP contribution in [0.2, 0.25) is 5.02 Å². The van der Waals surface area contributed by atoms with Crippen LogP contribution in [0.1, 0.15) is 28.4 Å². The van der Waals surface area contributed by atoms with Crippen LogP contribution in [-0.2, 0) is 0 Å². The van der Waals surface area contributed by atoms with Crippen LogP contribution in [0, 0.1) is 19.7 Å². The zero-order valence-corrected chi connectivity index (χ0v) is 16.2. The first-order valence-corrected chi connectivity index (χ1v) is 8.78. The highest BCUT2D eigenvalue weighted by atomic mass is 35.5. The van der Waals surface area contributed by atoms with Gasteiger partial charge in [0.1, 0.15) is 5.82 Å². The molecule has 6 heteroatoms. The topological polar surface area (TPSA) is 44.7 Å². The number of ketones is 1. The lowest BCUT2D eigenvalue weighted by molar-refractivity contribution is 0.101. The Morgan fingerprint density at radius 2 is 2.04 bits per heavy atom. The second-order valence-corrected chi connectivity index (χ2v) is 6.55. The minimum absolute atomic E-state index is 0.0138. The van der Waals surface area contributed by atoms with E-state index in [2.05, 4.69) is 10.3 Å². The van der Waals surface area contributed by atoms with Gasteiger partial charge in [-0.2, -0.15) is 0 Å². The van der Waals surface area contributed by atoms with Crippen molar-refractivity contribution < 1.29 is 9.18 Å². The van der Waals surface area contributed by atoms with Gasteiger partial charge >= 0.3 is 0 Å². The van der Waals surface area contributed by atoms with E-state index in [1.165, 1.54) is 6.07 Å². The largest absolute Gasteiger partial charge is 0.375 e. The van der Waals surface area contributed by atoms with Crippen molar-refractivity contribution in [3.63, 3.8) is 0 Å². The van der Waals surface area contributed by atoms with Crippen molar-refractivity contribution in [1.29, 1.82) is 0 Å². The Balaban J connectivity index is 2.17. The molecule has 138 valence electrons. The van der Waals surface area contributed by atoms with Crippen molar-refractivity contribution in [2.24, 2.45) is 4.99 Å². The molecule has 4 nitrogen and oxygen atoms in total. The SMILES string of the molecule is CCN(C)C=Nc1cc(C)c(C(=O)CNc2c(C)cccc2F)cc1Cl. The van der Waals surface area contributed by atoms with Gasteiger partial charge in [0, 0.05) is 19.2 Å². The Morgan fingerprint density at radius 3 is 2.69 bits per heavy atom. The Labute approximate surface area is 158 Å². The molecule has 0 aliphatic carbocycles. The van der Waals surface area contributed by atoms with E-state index in [1.807, 2.05) is 25.8 Å². The van der Waals surface area contributed by atoms with Gasteiger partial charge in [-0.05, 0) is 50.1 Å². The number of rotatable bonds is 7. The summed E-state index contributed by atoms with van der Waals surface area (Å²) < 4.78 is 13.9. The Bertz CT molecular complexity index is 816. The van der Waals surface area contributed by atoms with Gasteiger partial charge in [-0.25, -0.2) is 9.38 Å². The molecular weight excluding hydrogens is 353 g/mol. The number of Topliss-reactive ketones (excluding diaryl/α,β-unsaturated/α-hetero) is 1. The van der Waals surface area contributed by atoms with Gasteiger partial charge in [-0.3, -0.25) is 4.79 Å². The Kier molecular flexibility index (Phi) is 6.75. The maximum absolute atomic E-state index is 13.9. The Hall–Kier alpha value is -2.40. The van der Waals surface area contributed by atoms with Crippen molar-refractivity contribution in [3.8, 4) is 0 Å². The molecule has 0 bridgehead atoms. The molecule has 0 aliphatic heterocycles. The highest BCUT2D eigenvalue weighted by Gasteiger charge is 2.14. The minimum Gasteiger partial charge on any atom is -0.375 e. The molecule has 0 radical (unpaired) electrons. The van der Waals surface area contributed by atoms with E-state index >= 15 is 0 Å². The third-order valence-corrected chi connectivity index (χ3v) is 4.44. The monoisotopic (exact) mass is 375 g/mol. The van der Waals surface area contributed by atoms with E-state index in [0.717, 1.165) is 17.7 Å². The molecule has 26 heavy (non-hydrogen) atoms. The number of para-hydroxylation sites is 1. The van der Waals surface area contributed by atoms with Crippen molar-refractivity contribution in [2.45, 2.75) is 20.8 Å². The fourth-order valence-corrected chi connectivity index (χ4v) is 2.64. The molecule has 0 aliphatic rings. The molecule has 2 rings (SSSR count). The Morgan fingerprint density at radius 1 is 1.31 bits per heavy atom. The third-order valence-electron chi connectivity index (χ3n) is 4.13. The lowest BCUT2D eigenvalue weighted by Gasteiger charge is -2.12. The van der Waals surface area contributed by atoms with Crippen LogP contribution >= 0.6 is 11.6 Å². The van der Waals surface area contributed by atoms with Gasteiger partial charge in [-0.1, -0.05) is 23.7 Å². The lowest BCUT2D eigenvalue weighted by atomic mass is 10.0. The third kappa shape index (κ3) is 4.82. The van der Waals surface area contributed by atoms with Crippen LogP contribution < -0.4 is 5.32 Å². The van der Waals surface area contributed by atoms with Crippen LogP contribution in [0.5, 0.6) is 0 Å². The first-order chi connectivity index (χ1) is 12.3. The number of nitrogens with zero attached hydrogens (tertiary/aromatic N) is 2. The summed E-state index contributed by atoms with van der Waals surface area (Å²) in [5.41, 5.74) is 2.97. The maximum atomic E-state index is 13.9. The lowest BCUT2D eigenvalue weighted by Crippen LogP contribution is -2.16. The number of hydrogen-bond acceptors (Lipinski definition) is 3. The number of aliphatic imine (C=N–C) groups is 1. The first-order valence-electron chi connectivity index (χ1n) is 8.40. The summed E-state index contributed by atoms with van der Waals surface area (Å²) in [6.45, 7) is 6.46. The number of nitrogens with one attached hydrogen (secondary N) is 1. The van der Waals surface area contributed by atoms with Crippen molar-refractivity contribution in [3.05, 3.63) is 57.9 Å². The molecule has 0 heterocycles. The minimum atomic E-state index is -0.378.